The van der Waals surface area contributed by atoms with Crippen molar-refractivity contribution in [2.75, 3.05) is 14.2 Å². The van der Waals surface area contributed by atoms with E-state index in [-0.39, 0.29) is 11.1 Å². The Morgan fingerprint density at radius 2 is 1.00 bits per heavy atom. The molecule has 0 aromatic heterocycles. The molecule has 0 aromatic rings. The molecule has 0 aliphatic carbocycles. The van der Waals surface area contributed by atoms with E-state index < -0.39 is 11.9 Å². The Balaban J connectivity index is -0.0000000770. The average Bonchev–Trinajstić information content (AvgIpc) is 2.20. The van der Waals surface area contributed by atoms with Gasteiger partial charge in [-0.1, -0.05) is 33.4 Å². The number of carbonyl (C=O) groups is 2. The van der Waals surface area contributed by atoms with Crippen molar-refractivity contribution >= 4 is 11.9 Å². The number of rotatable bonds is 2. The van der Waals surface area contributed by atoms with E-state index in [1.807, 2.05) is 0 Å². The summed E-state index contributed by atoms with van der Waals surface area (Å²) in [6.07, 6.45) is 1.25. The minimum Gasteiger partial charge on any atom is -0.478 e. The van der Waals surface area contributed by atoms with E-state index in [4.69, 9.17) is 10.2 Å². The number of hydrogen-bond acceptors (Lipinski definition) is 3. The van der Waals surface area contributed by atoms with Crippen LogP contribution < -0.4 is 0 Å². The van der Waals surface area contributed by atoms with Crippen LogP contribution in [0.5, 0.6) is 0 Å². The normalized spacial score (nSPS) is 7.00. The highest BCUT2D eigenvalue weighted by Crippen LogP contribution is 1.81. The third kappa shape index (κ3) is 63.2. The van der Waals surface area contributed by atoms with Crippen molar-refractivity contribution in [3.8, 4) is 0 Å². The van der Waals surface area contributed by atoms with Gasteiger partial charge in [0.2, 0.25) is 0 Å². The molecular formula is C13H26O5. The first-order chi connectivity index (χ1) is 8.11. The standard InChI is InChI=1S/2C4H6O2.C3H8.C2H6O/c2*1-3(2)4(5)6;2*1-3-2/h2*1H2,2H3,(H,5,6);3H2,1-2H3;1-2H3. The molecule has 0 bridgehead atoms. The van der Waals surface area contributed by atoms with E-state index in [0.717, 1.165) is 0 Å². The van der Waals surface area contributed by atoms with Gasteiger partial charge >= 0.3 is 11.9 Å². The number of hydrogen-bond donors (Lipinski definition) is 2. The van der Waals surface area contributed by atoms with Crippen molar-refractivity contribution in [1.82, 2.24) is 0 Å². The summed E-state index contributed by atoms with van der Waals surface area (Å²) in [6.45, 7) is 13.5. The number of ether oxygens (including phenoxy) is 1. The second-order valence-corrected chi connectivity index (χ2v) is 3.29. The maximum atomic E-state index is 9.60. The SMILES string of the molecule is C=C(C)C(=O)O.C=C(C)C(=O)O.CCC.COC. The van der Waals surface area contributed by atoms with Crippen LogP contribution in [-0.4, -0.2) is 36.4 Å². The zero-order chi connectivity index (χ0) is 15.7. The van der Waals surface area contributed by atoms with Gasteiger partial charge in [0, 0.05) is 25.4 Å². The first-order valence-corrected chi connectivity index (χ1v) is 5.29. The van der Waals surface area contributed by atoms with Crippen molar-refractivity contribution in [2.45, 2.75) is 34.1 Å². The van der Waals surface area contributed by atoms with Gasteiger partial charge in [-0.25, -0.2) is 9.59 Å². The lowest BCUT2D eigenvalue weighted by molar-refractivity contribution is -0.133. The molecule has 0 amide bonds. The first-order valence-electron chi connectivity index (χ1n) is 5.29. The molecule has 0 saturated heterocycles. The highest BCUT2D eigenvalue weighted by Gasteiger charge is 1.90. The predicted molar refractivity (Wildman–Crippen MR) is 73.8 cm³/mol. The molecule has 5 heteroatoms. The van der Waals surface area contributed by atoms with Crippen molar-refractivity contribution in [1.29, 1.82) is 0 Å². The molecule has 0 atom stereocenters. The second-order valence-electron chi connectivity index (χ2n) is 3.29. The summed E-state index contributed by atoms with van der Waals surface area (Å²) in [5, 5.41) is 15.8. The number of aliphatic carboxylic acids is 2. The third-order valence-corrected chi connectivity index (χ3v) is 0.730. The average molecular weight is 262 g/mol. The van der Waals surface area contributed by atoms with Crippen molar-refractivity contribution in [3.05, 3.63) is 24.3 Å². The monoisotopic (exact) mass is 262 g/mol. The van der Waals surface area contributed by atoms with Crippen LogP contribution in [0.2, 0.25) is 0 Å². The van der Waals surface area contributed by atoms with E-state index in [9.17, 15) is 9.59 Å². The van der Waals surface area contributed by atoms with Crippen LogP contribution in [0, 0.1) is 0 Å². The molecule has 0 rings (SSSR count). The van der Waals surface area contributed by atoms with Crippen LogP contribution >= 0.6 is 0 Å². The summed E-state index contributed by atoms with van der Waals surface area (Å²) < 4.78 is 4.25. The molecule has 18 heavy (non-hydrogen) atoms. The van der Waals surface area contributed by atoms with E-state index >= 15 is 0 Å². The minimum absolute atomic E-state index is 0.176. The highest BCUT2D eigenvalue weighted by molar-refractivity contribution is 5.85. The maximum Gasteiger partial charge on any atom is 0.330 e. The van der Waals surface area contributed by atoms with E-state index in [0.29, 0.717) is 0 Å². The Kier molecular flexibility index (Phi) is 29.1. The molecule has 0 radical (unpaired) electrons. The Bertz CT molecular complexity index is 194. The van der Waals surface area contributed by atoms with Gasteiger partial charge in [0.05, 0.1) is 0 Å². The summed E-state index contributed by atoms with van der Waals surface area (Å²) >= 11 is 0. The molecule has 0 heterocycles. The second kappa shape index (κ2) is 20.8. The van der Waals surface area contributed by atoms with Gasteiger partial charge in [-0.15, -0.1) is 0 Å². The lowest BCUT2D eigenvalue weighted by atomic mass is 10.4. The molecule has 0 spiro atoms. The number of methoxy groups -OCH3 is 1. The Morgan fingerprint density at radius 3 is 1.00 bits per heavy atom. The smallest absolute Gasteiger partial charge is 0.330 e. The quantitative estimate of drug-likeness (QED) is 0.747. The molecular weight excluding hydrogens is 236 g/mol. The minimum atomic E-state index is -0.935. The molecule has 0 aliphatic rings. The molecule has 0 aliphatic heterocycles. The van der Waals surface area contributed by atoms with Crippen molar-refractivity contribution in [2.24, 2.45) is 0 Å². The Morgan fingerprint density at radius 1 is 0.944 bits per heavy atom. The highest BCUT2D eigenvalue weighted by atomic mass is 16.4. The predicted octanol–water partition coefficient (Wildman–Crippen LogP) is 2.97. The first kappa shape index (κ1) is 25.3. The summed E-state index contributed by atoms with van der Waals surface area (Å²) in [4.78, 5) is 19.2. The van der Waals surface area contributed by atoms with Gasteiger partial charge in [0.25, 0.3) is 0 Å². The summed E-state index contributed by atoms with van der Waals surface area (Å²) in [5.41, 5.74) is 0.352. The third-order valence-electron chi connectivity index (χ3n) is 0.730. The lowest BCUT2D eigenvalue weighted by Gasteiger charge is -1.79. The van der Waals surface area contributed by atoms with Crippen LogP contribution in [-0.2, 0) is 14.3 Å². The van der Waals surface area contributed by atoms with Crippen LogP contribution in [0.3, 0.4) is 0 Å². The van der Waals surface area contributed by atoms with Gasteiger partial charge in [-0.2, -0.15) is 0 Å². The topological polar surface area (TPSA) is 83.8 Å². The van der Waals surface area contributed by atoms with E-state index in [2.05, 4.69) is 31.7 Å². The van der Waals surface area contributed by atoms with Gasteiger partial charge < -0.3 is 14.9 Å². The van der Waals surface area contributed by atoms with Crippen LogP contribution in [0.25, 0.3) is 0 Å². The number of carboxylic acids is 2. The maximum absolute atomic E-state index is 9.60. The molecule has 5 nitrogen and oxygen atoms in total. The Labute approximate surface area is 110 Å². The summed E-state index contributed by atoms with van der Waals surface area (Å²) in [7, 11) is 3.25. The molecule has 108 valence electrons. The zero-order valence-corrected chi connectivity index (χ0v) is 12.2. The van der Waals surface area contributed by atoms with Gasteiger partial charge in [0.15, 0.2) is 0 Å². The fourth-order valence-corrected chi connectivity index (χ4v) is 0. The Hall–Kier alpha value is -1.62. The summed E-state index contributed by atoms with van der Waals surface area (Å²) in [5.74, 6) is -1.87. The van der Waals surface area contributed by atoms with Crippen molar-refractivity contribution in [3.63, 3.8) is 0 Å². The van der Waals surface area contributed by atoms with Crippen LogP contribution in [0.4, 0.5) is 0 Å². The molecule has 0 unspecified atom stereocenters. The molecule has 2 N–H and O–H groups in total. The van der Waals surface area contributed by atoms with Gasteiger partial charge in [-0.05, 0) is 13.8 Å². The molecule has 0 saturated carbocycles. The lowest BCUT2D eigenvalue weighted by Crippen LogP contribution is -1.92. The fraction of sp³-hybridized carbons (Fsp3) is 0.538. The number of carboxylic acid groups (broad SMARTS) is 2. The zero-order valence-electron chi connectivity index (χ0n) is 12.2. The van der Waals surface area contributed by atoms with E-state index in [1.54, 1.807) is 14.2 Å². The van der Waals surface area contributed by atoms with Gasteiger partial charge in [0.1, 0.15) is 0 Å². The van der Waals surface area contributed by atoms with Crippen LogP contribution in [0.15, 0.2) is 24.3 Å². The summed E-state index contributed by atoms with van der Waals surface area (Å²) in [6, 6.07) is 0. The van der Waals surface area contributed by atoms with E-state index in [1.165, 1.54) is 20.3 Å². The van der Waals surface area contributed by atoms with Crippen molar-refractivity contribution < 1.29 is 24.5 Å². The largest absolute Gasteiger partial charge is 0.478 e. The van der Waals surface area contributed by atoms with Gasteiger partial charge in [-0.3, -0.25) is 0 Å². The fourth-order valence-electron chi connectivity index (χ4n) is 0. The molecule has 0 aromatic carbocycles. The van der Waals surface area contributed by atoms with Crippen LogP contribution in [0.1, 0.15) is 34.1 Å². The molecule has 0 fully saturated rings.